The van der Waals surface area contributed by atoms with E-state index in [2.05, 4.69) is 10.2 Å². The Morgan fingerprint density at radius 3 is 2.14 bits per heavy atom. The molecule has 3 amide bonds. The molecule has 5 rings (SSSR count). The van der Waals surface area contributed by atoms with Crippen LogP contribution < -0.4 is 5.32 Å². The molecule has 0 bridgehead atoms. The molecule has 7 nitrogen and oxygen atoms in total. The first kappa shape index (κ1) is 23.1. The molecule has 2 aromatic carbocycles. The summed E-state index contributed by atoms with van der Waals surface area (Å²) in [6, 6.07) is 18.9. The van der Waals surface area contributed by atoms with Gasteiger partial charge in [-0.05, 0) is 55.8 Å². The average molecular weight is 472 g/mol. The van der Waals surface area contributed by atoms with Crippen LogP contribution in [-0.4, -0.2) is 53.2 Å². The largest absolute Gasteiger partial charge is 0.468 e. The van der Waals surface area contributed by atoms with Crippen LogP contribution in [0.15, 0.2) is 77.4 Å². The van der Waals surface area contributed by atoms with Gasteiger partial charge in [-0.15, -0.1) is 0 Å². The molecule has 2 aliphatic heterocycles. The van der Waals surface area contributed by atoms with E-state index in [-0.39, 0.29) is 18.4 Å². The van der Waals surface area contributed by atoms with Gasteiger partial charge in [0.15, 0.2) is 0 Å². The van der Waals surface area contributed by atoms with Crippen LogP contribution in [0, 0.1) is 0 Å². The van der Waals surface area contributed by atoms with Gasteiger partial charge in [-0.3, -0.25) is 24.2 Å². The lowest BCUT2D eigenvalue weighted by atomic mass is 10.0. The molecule has 1 saturated heterocycles. The van der Waals surface area contributed by atoms with E-state index in [1.54, 1.807) is 30.5 Å². The maximum absolute atomic E-state index is 13.6. The molecule has 0 radical (unpaired) electrons. The van der Waals surface area contributed by atoms with Gasteiger partial charge in [-0.1, -0.05) is 48.9 Å². The molecule has 0 aliphatic carbocycles. The molecule has 180 valence electrons. The van der Waals surface area contributed by atoms with Crippen LogP contribution in [0.3, 0.4) is 0 Å². The van der Waals surface area contributed by atoms with Gasteiger partial charge in [0.1, 0.15) is 11.8 Å². The fraction of sp³-hybridized carbons (Fsp3) is 0.321. The van der Waals surface area contributed by atoms with E-state index in [1.165, 1.54) is 6.42 Å². The van der Waals surface area contributed by atoms with Gasteiger partial charge in [0.25, 0.3) is 11.8 Å². The zero-order valence-electron chi connectivity index (χ0n) is 19.6. The van der Waals surface area contributed by atoms with Crippen LogP contribution in [0.25, 0.3) is 0 Å². The summed E-state index contributed by atoms with van der Waals surface area (Å²) in [4.78, 5) is 43.5. The van der Waals surface area contributed by atoms with Crippen molar-refractivity contribution in [1.29, 1.82) is 0 Å². The predicted octanol–water partition coefficient (Wildman–Crippen LogP) is 3.83. The van der Waals surface area contributed by atoms with Gasteiger partial charge >= 0.3 is 0 Å². The zero-order valence-corrected chi connectivity index (χ0v) is 19.6. The molecule has 1 N–H and O–H groups in total. The molecule has 2 unspecified atom stereocenters. The lowest BCUT2D eigenvalue weighted by Gasteiger charge is -2.34. The first-order valence-corrected chi connectivity index (χ1v) is 12.2. The fourth-order valence-electron chi connectivity index (χ4n) is 5.07. The molecular weight excluding hydrogens is 442 g/mol. The third-order valence-corrected chi connectivity index (χ3v) is 6.88. The highest BCUT2D eigenvalue weighted by atomic mass is 16.3. The third kappa shape index (κ3) is 4.77. The molecular formula is C28H29N3O4. The number of nitrogens with zero attached hydrogens (tertiary/aromatic N) is 2. The number of carbonyl (C=O) groups excluding carboxylic acids is 3. The minimum absolute atomic E-state index is 0.103. The van der Waals surface area contributed by atoms with Gasteiger partial charge < -0.3 is 9.73 Å². The molecule has 2 atom stereocenters. The quantitative estimate of drug-likeness (QED) is 0.505. The first-order valence-electron chi connectivity index (χ1n) is 12.2. The van der Waals surface area contributed by atoms with Crippen molar-refractivity contribution in [2.24, 2.45) is 0 Å². The second kappa shape index (κ2) is 10.3. The number of hydrogen-bond acceptors (Lipinski definition) is 5. The number of rotatable bonds is 8. The number of amides is 3. The molecule has 2 aliphatic rings. The summed E-state index contributed by atoms with van der Waals surface area (Å²) in [5, 5.41) is 3.05. The van der Waals surface area contributed by atoms with Crippen LogP contribution in [0.4, 0.5) is 0 Å². The van der Waals surface area contributed by atoms with Crippen LogP contribution in [0.1, 0.15) is 57.3 Å². The average Bonchev–Trinajstić information content (AvgIpc) is 3.51. The van der Waals surface area contributed by atoms with Crippen LogP contribution >= 0.6 is 0 Å². The van der Waals surface area contributed by atoms with E-state index in [4.69, 9.17) is 4.42 Å². The number of likely N-dealkylation sites (tertiary alicyclic amines) is 1. The minimum atomic E-state index is -0.955. The van der Waals surface area contributed by atoms with Crippen molar-refractivity contribution in [2.75, 3.05) is 19.6 Å². The SMILES string of the molecule is O=C(NCC(c1ccco1)N1CCCCC1)C(Cc1ccccc1)N1C(=O)c2ccccc2C1=O. The summed E-state index contributed by atoms with van der Waals surface area (Å²) < 4.78 is 5.70. The van der Waals surface area contributed by atoms with Crippen molar-refractivity contribution >= 4 is 17.7 Å². The Labute approximate surface area is 204 Å². The van der Waals surface area contributed by atoms with Gasteiger partial charge in [0.2, 0.25) is 5.91 Å². The number of nitrogens with one attached hydrogen (secondary N) is 1. The Bertz CT molecular complexity index is 1150. The summed E-state index contributed by atoms with van der Waals surface area (Å²) in [5.74, 6) is -0.412. The van der Waals surface area contributed by atoms with Crippen molar-refractivity contribution in [2.45, 2.75) is 37.8 Å². The molecule has 35 heavy (non-hydrogen) atoms. The van der Waals surface area contributed by atoms with Gasteiger partial charge in [-0.25, -0.2) is 0 Å². The Kier molecular flexibility index (Phi) is 6.77. The Balaban J connectivity index is 1.39. The summed E-state index contributed by atoms with van der Waals surface area (Å²) in [6.45, 7) is 2.21. The number of piperidine rings is 1. The molecule has 1 fully saturated rings. The zero-order chi connectivity index (χ0) is 24.2. The summed E-state index contributed by atoms with van der Waals surface area (Å²) in [5.41, 5.74) is 1.55. The van der Waals surface area contributed by atoms with Crippen molar-refractivity contribution in [1.82, 2.24) is 15.1 Å². The molecule has 3 heterocycles. The van der Waals surface area contributed by atoms with Gasteiger partial charge in [0.05, 0.1) is 23.4 Å². The van der Waals surface area contributed by atoms with Crippen LogP contribution in [0.5, 0.6) is 0 Å². The predicted molar refractivity (Wildman–Crippen MR) is 131 cm³/mol. The molecule has 3 aromatic rings. The number of carbonyl (C=O) groups is 3. The van der Waals surface area contributed by atoms with Crippen molar-refractivity contribution in [3.63, 3.8) is 0 Å². The van der Waals surface area contributed by atoms with Crippen molar-refractivity contribution in [3.8, 4) is 0 Å². The summed E-state index contributed by atoms with van der Waals surface area (Å²) >= 11 is 0. The van der Waals surface area contributed by atoms with Crippen molar-refractivity contribution in [3.05, 3.63) is 95.4 Å². The van der Waals surface area contributed by atoms with E-state index < -0.39 is 17.9 Å². The maximum Gasteiger partial charge on any atom is 0.262 e. The highest BCUT2D eigenvalue weighted by Gasteiger charge is 2.42. The third-order valence-electron chi connectivity index (χ3n) is 6.88. The molecule has 7 heteroatoms. The second-order valence-electron chi connectivity index (χ2n) is 9.10. The standard InChI is InChI=1S/C28H29N3O4/c32-26(29-19-24(25-14-9-17-35-25)30-15-7-2-8-16-30)23(18-20-10-3-1-4-11-20)31-27(33)21-12-5-6-13-22(21)28(31)34/h1,3-6,9-14,17,23-24H,2,7-8,15-16,18-19H2,(H,29,32). The number of benzene rings is 2. The summed E-state index contributed by atoms with van der Waals surface area (Å²) in [6.07, 6.45) is 5.30. The van der Waals surface area contributed by atoms with E-state index in [9.17, 15) is 14.4 Å². The van der Waals surface area contributed by atoms with Gasteiger partial charge in [-0.2, -0.15) is 0 Å². The Hall–Kier alpha value is -3.71. The molecule has 0 saturated carbocycles. The smallest absolute Gasteiger partial charge is 0.262 e. The highest BCUT2D eigenvalue weighted by Crippen LogP contribution is 2.27. The molecule has 0 spiro atoms. The fourth-order valence-corrected chi connectivity index (χ4v) is 5.07. The maximum atomic E-state index is 13.6. The first-order chi connectivity index (χ1) is 17.1. The Morgan fingerprint density at radius 2 is 1.51 bits per heavy atom. The second-order valence-corrected chi connectivity index (χ2v) is 9.10. The van der Waals surface area contributed by atoms with Crippen molar-refractivity contribution < 1.29 is 18.8 Å². The number of imide groups is 1. The van der Waals surface area contributed by atoms with Gasteiger partial charge in [0, 0.05) is 13.0 Å². The number of fused-ring (bicyclic) bond motifs is 1. The van der Waals surface area contributed by atoms with Crippen LogP contribution in [-0.2, 0) is 11.2 Å². The minimum Gasteiger partial charge on any atom is -0.468 e. The van der Waals surface area contributed by atoms with E-state index in [1.807, 2.05) is 42.5 Å². The monoisotopic (exact) mass is 471 g/mol. The Morgan fingerprint density at radius 1 is 0.857 bits per heavy atom. The summed E-state index contributed by atoms with van der Waals surface area (Å²) in [7, 11) is 0. The molecule has 1 aromatic heterocycles. The van der Waals surface area contributed by atoms with E-state index >= 15 is 0 Å². The number of hydrogen-bond donors (Lipinski definition) is 1. The highest BCUT2D eigenvalue weighted by molar-refractivity contribution is 6.22. The van der Waals surface area contributed by atoms with Crippen LogP contribution in [0.2, 0.25) is 0 Å². The lowest BCUT2D eigenvalue weighted by molar-refractivity contribution is -0.125. The van der Waals surface area contributed by atoms with E-state index in [0.717, 1.165) is 42.2 Å². The lowest BCUT2D eigenvalue weighted by Crippen LogP contribution is -2.52. The normalized spacial score (nSPS) is 17.8. The topological polar surface area (TPSA) is 82.9 Å². The number of furan rings is 1. The van der Waals surface area contributed by atoms with E-state index in [0.29, 0.717) is 17.7 Å².